The van der Waals surface area contributed by atoms with E-state index >= 15 is 0 Å². The van der Waals surface area contributed by atoms with Crippen molar-refractivity contribution >= 4 is 0 Å². The molecule has 0 spiro atoms. The predicted octanol–water partition coefficient (Wildman–Crippen LogP) is 0.571. The summed E-state index contributed by atoms with van der Waals surface area (Å²) in [6.45, 7) is 8.62. The van der Waals surface area contributed by atoms with Crippen molar-refractivity contribution in [1.29, 1.82) is 0 Å². The van der Waals surface area contributed by atoms with Gasteiger partial charge in [0.15, 0.2) is 0 Å². The van der Waals surface area contributed by atoms with Gasteiger partial charge in [0.2, 0.25) is 0 Å². The third-order valence-electron chi connectivity index (χ3n) is 3.03. The Morgan fingerprint density at radius 3 is 2.62 bits per heavy atom. The summed E-state index contributed by atoms with van der Waals surface area (Å²) in [5, 5.41) is 9.92. The Bertz CT molecular complexity index is 178. The summed E-state index contributed by atoms with van der Waals surface area (Å²) in [5.41, 5.74) is 5.20. The summed E-state index contributed by atoms with van der Waals surface area (Å²) in [6.07, 6.45) is 1.97. The van der Waals surface area contributed by atoms with Crippen LogP contribution in [0.25, 0.3) is 0 Å². The molecule has 0 saturated carbocycles. The second-order valence-corrected chi connectivity index (χ2v) is 5.04. The van der Waals surface area contributed by atoms with E-state index in [2.05, 4.69) is 18.7 Å². The van der Waals surface area contributed by atoms with Crippen molar-refractivity contribution in [2.45, 2.75) is 44.8 Å². The summed E-state index contributed by atoms with van der Waals surface area (Å²) in [7, 11) is 0. The van der Waals surface area contributed by atoms with Crippen molar-refractivity contribution in [3.05, 3.63) is 0 Å². The molecule has 1 fully saturated rings. The second-order valence-electron chi connectivity index (χ2n) is 5.04. The molecule has 3 nitrogen and oxygen atoms in total. The standard InChI is InChI=1S/C10H22N2O/c1-9(2,7-11)12-6-4-5-10(3,13)8-12/h13H,4-8,11H2,1-3H3. The minimum Gasteiger partial charge on any atom is -0.389 e. The zero-order valence-corrected chi connectivity index (χ0v) is 9.01. The van der Waals surface area contributed by atoms with E-state index in [1.807, 2.05) is 6.92 Å². The highest BCUT2D eigenvalue weighted by molar-refractivity contribution is 4.91. The molecule has 1 aliphatic heterocycles. The molecule has 3 heteroatoms. The van der Waals surface area contributed by atoms with Crippen molar-refractivity contribution in [1.82, 2.24) is 4.90 Å². The molecule has 0 aromatic carbocycles. The van der Waals surface area contributed by atoms with E-state index in [1.165, 1.54) is 0 Å². The van der Waals surface area contributed by atoms with E-state index < -0.39 is 5.60 Å². The quantitative estimate of drug-likeness (QED) is 0.663. The summed E-state index contributed by atoms with van der Waals surface area (Å²) < 4.78 is 0. The number of rotatable bonds is 2. The van der Waals surface area contributed by atoms with Gasteiger partial charge in [0.1, 0.15) is 0 Å². The molecule has 0 bridgehead atoms. The summed E-state index contributed by atoms with van der Waals surface area (Å²) in [6, 6.07) is 0. The Balaban J connectivity index is 2.61. The van der Waals surface area contributed by atoms with E-state index in [0.717, 1.165) is 25.9 Å². The minimum atomic E-state index is -0.523. The Kier molecular flexibility index (Phi) is 3.00. The van der Waals surface area contributed by atoms with E-state index in [1.54, 1.807) is 0 Å². The van der Waals surface area contributed by atoms with Crippen LogP contribution in [0.2, 0.25) is 0 Å². The van der Waals surface area contributed by atoms with Crippen molar-refractivity contribution in [3.8, 4) is 0 Å². The van der Waals surface area contributed by atoms with Gasteiger partial charge in [0, 0.05) is 18.6 Å². The zero-order chi connectivity index (χ0) is 10.1. The third kappa shape index (κ3) is 2.66. The maximum Gasteiger partial charge on any atom is 0.0746 e. The van der Waals surface area contributed by atoms with Crippen molar-refractivity contribution in [3.63, 3.8) is 0 Å². The zero-order valence-electron chi connectivity index (χ0n) is 9.01. The molecule has 1 aliphatic rings. The van der Waals surface area contributed by atoms with E-state index in [4.69, 9.17) is 5.73 Å². The Labute approximate surface area is 80.9 Å². The van der Waals surface area contributed by atoms with Gasteiger partial charge in [-0.05, 0) is 40.2 Å². The molecular weight excluding hydrogens is 164 g/mol. The molecule has 78 valence electrons. The number of aliphatic hydroxyl groups is 1. The molecule has 1 rings (SSSR count). The molecule has 1 heterocycles. The van der Waals surface area contributed by atoms with Crippen LogP contribution in [0, 0.1) is 0 Å². The van der Waals surface area contributed by atoms with Gasteiger partial charge in [0.25, 0.3) is 0 Å². The monoisotopic (exact) mass is 186 g/mol. The van der Waals surface area contributed by atoms with Crippen LogP contribution in [-0.2, 0) is 0 Å². The maximum absolute atomic E-state index is 9.92. The maximum atomic E-state index is 9.92. The smallest absolute Gasteiger partial charge is 0.0746 e. The number of likely N-dealkylation sites (tertiary alicyclic amines) is 1. The first-order valence-electron chi connectivity index (χ1n) is 5.05. The van der Waals surface area contributed by atoms with E-state index in [9.17, 15) is 5.11 Å². The lowest BCUT2D eigenvalue weighted by Gasteiger charge is -2.45. The van der Waals surface area contributed by atoms with Crippen LogP contribution in [0.3, 0.4) is 0 Å². The molecule has 0 aromatic rings. The van der Waals surface area contributed by atoms with E-state index in [0.29, 0.717) is 6.54 Å². The van der Waals surface area contributed by atoms with Crippen molar-refractivity contribution in [2.75, 3.05) is 19.6 Å². The molecule has 1 unspecified atom stereocenters. The van der Waals surface area contributed by atoms with Crippen LogP contribution in [-0.4, -0.2) is 40.8 Å². The topological polar surface area (TPSA) is 49.5 Å². The van der Waals surface area contributed by atoms with Gasteiger partial charge in [-0.2, -0.15) is 0 Å². The largest absolute Gasteiger partial charge is 0.389 e. The van der Waals surface area contributed by atoms with Crippen LogP contribution in [0.15, 0.2) is 0 Å². The van der Waals surface area contributed by atoms with Gasteiger partial charge in [-0.25, -0.2) is 0 Å². The summed E-state index contributed by atoms with van der Waals surface area (Å²) in [5.74, 6) is 0. The van der Waals surface area contributed by atoms with Crippen LogP contribution >= 0.6 is 0 Å². The van der Waals surface area contributed by atoms with Gasteiger partial charge in [-0.1, -0.05) is 0 Å². The fourth-order valence-electron chi connectivity index (χ4n) is 1.87. The van der Waals surface area contributed by atoms with Crippen LogP contribution in [0.4, 0.5) is 0 Å². The van der Waals surface area contributed by atoms with Gasteiger partial charge in [-0.3, -0.25) is 4.90 Å². The van der Waals surface area contributed by atoms with Crippen LogP contribution < -0.4 is 5.73 Å². The fourth-order valence-corrected chi connectivity index (χ4v) is 1.87. The Hall–Kier alpha value is -0.120. The fraction of sp³-hybridized carbons (Fsp3) is 1.00. The number of hydrogen-bond acceptors (Lipinski definition) is 3. The van der Waals surface area contributed by atoms with Crippen molar-refractivity contribution < 1.29 is 5.11 Å². The van der Waals surface area contributed by atoms with Crippen LogP contribution in [0.1, 0.15) is 33.6 Å². The highest BCUT2D eigenvalue weighted by Gasteiger charge is 2.35. The molecule has 0 aliphatic carbocycles. The molecule has 0 amide bonds. The first-order valence-corrected chi connectivity index (χ1v) is 5.05. The summed E-state index contributed by atoms with van der Waals surface area (Å²) in [4.78, 5) is 2.29. The third-order valence-corrected chi connectivity index (χ3v) is 3.03. The molecule has 13 heavy (non-hydrogen) atoms. The highest BCUT2D eigenvalue weighted by Crippen LogP contribution is 2.25. The van der Waals surface area contributed by atoms with Crippen LogP contribution in [0.5, 0.6) is 0 Å². The number of β-amino-alcohol motifs (C(OH)–C–C–N with tert-alkyl or cyclic N) is 1. The SMILES string of the molecule is CC1(O)CCCN(C(C)(C)CN)C1. The molecule has 0 aromatic heterocycles. The first-order chi connectivity index (χ1) is 5.87. The Morgan fingerprint density at radius 2 is 2.15 bits per heavy atom. The minimum absolute atomic E-state index is 0.0183. The molecule has 1 atom stereocenters. The number of hydrogen-bond donors (Lipinski definition) is 2. The van der Waals surface area contributed by atoms with Gasteiger partial charge in [0.05, 0.1) is 5.60 Å². The first kappa shape index (κ1) is 11.0. The van der Waals surface area contributed by atoms with Crippen molar-refractivity contribution in [2.24, 2.45) is 5.73 Å². The molecule has 1 saturated heterocycles. The predicted molar refractivity (Wildman–Crippen MR) is 54.6 cm³/mol. The second kappa shape index (κ2) is 3.56. The average Bonchev–Trinajstić information content (AvgIpc) is 2.03. The molecule has 0 radical (unpaired) electrons. The summed E-state index contributed by atoms with van der Waals surface area (Å²) >= 11 is 0. The highest BCUT2D eigenvalue weighted by atomic mass is 16.3. The Morgan fingerprint density at radius 1 is 1.54 bits per heavy atom. The van der Waals surface area contributed by atoms with E-state index in [-0.39, 0.29) is 5.54 Å². The molecule has 3 N–H and O–H groups in total. The molecular formula is C10H22N2O. The normalized spacial score (nSPS) is 32.1. The number of nitrogens with two attached hydrogens (primary N) is 1. The average molecular weight is 186 g/mol. The number of nitrogens with zero attached hydrogens (tertiary/aromatic N) is 1. The lowest BCUT2D eigenvalue weighted by Crippen LogP contribution is -2.57. The van der Waals surface area contributed by atoms with Gasteiger partial charge < -0.3 is 10.8 Å². The lowest BCUT2D eigenvalue weighted by atomic mass is 9.90. The lowest BCUT2D eigenvalue weighted by molar-refractivity contribution is -0.0466. The van der Waals surface area contributed by atoms with Gasteiger partial charge >= 0.3 is 0 Å². The number of piperidine rings is 1. The van der Waals surface area contributed by atoms with Gasteiger partial charge in [-0.15, -0.1) is 0 Å².